The van der Waals surface area contributed by atoms with Gasteiger partial charge in [0.25, 0.3) is 0 Å². The van der Waals surface area contributed by atoms with Crippen molar-refractivity contribution in [3.8, 4) is 0 Å². The van der Waals surface area contributed by atoms with E-state index in [1.165, 1.54) is 4.90 Å². The quantitative estimate of drug-likeness (QED) is 0.773. The number of carboxylic acid groups (broad SMARTS) is 1. The third-order valence-electron chi connectivity index (χ3n) is 2.61. The van der Waals surface area contributed by atoms with Crippen LogP contribution in [-0.4, -0.2) is 47.1 Å². The predicted molar refractivity (Wildman–Crippen MR) is 67.4 cm³/mol. The minimum absolute atomic E-state index is 0.201. The van der Waals surface area contributed by atoms with E-state index >= 15 is 0 Å². The zero-order valence-electron chi connectivity index (χ0n) is 10.5. The average molecular weight is 253 g/mol. The van der Waals surface area contributed by atoms with E-state index in [1.807, 2.05) is 37.3 Å². The predicted octanol–water partition coefficient (Wildman–Crippen LogP) is 1.56. The molecule has 18 heavy (non-hydrogen) atoms. The molecule has 0 radical (unpaired) electrons. The van der Waals surface area contributed by atoms with Gasteiger partial charge in [-0.15, -0.1) is 0 Å². The molecule has 2 N–H and O–H groups in total. The number of carbonyl (C=O) groups is 1. The van der Waals surface area contributed by atoms with E-state index in [-0.39, 0.29) is 19.8 Å². The summed E-state index contributed by atoms with van der Waals surface area (Å²) < 4.78 is 5.19. The molecule has 0 heterocycles. The topological polar surface area (TPSA) is 70.0 Å². The molecule has 0 spiro atoms. The van der Waals surface area contributed by atoms with Crippen LogP contribution < -0.4 is 0 Å². The van der Waals surface area contributed by atoms with Gasteiger partial charge in [-0.25, -0.2) is 4.79 Å². The number of hydrogen-bond donors (Lipinski definition) is 2. The molecule has 100 valence electrons. The molecule has 0 saturated carbocycles. The summed E-state index contributed by atoms with van der Waals surface area (Å²) in [6, 6.07) is 8.74. The highest BCUT2D eigenvalue weighted by molar-refractivity contribution is 5.65. The van der Waals surface area contributed by atoms with Gasteiger partial charge < -0.3 is 14.9 Å². The molecule has 0 aliphatic rings. The second-order valence-electron chi connectivity index (χ2n) is 3.89. The van der Waals surface area contributed by atoms with Crippen molar-refractivity contribution in [3.05, 3.63) is 35.9 Å². The number of ether oxygens (including phenoxy) is 1. The molecule has 5 nitrogen and oxygen atoms in total. The first-order valence-corrected chi connectivity index (χ1v) is 5.91. The van der Waals surface area contributed by atoms with Crippen molar-refractivity contribution in [2.24, 2.45) is 0 Å². The maximum atomic E-state index is 11.2. The number of aliphatic hydroxyl groups excluding tert-OH is 1. The number of amides is 1. The van der Waals surface area contributed by atoms with E-state index in [4.69, 9.17) is 4.74 Å². The van der Waals surface area contributed by atoms with Crippen molar-refractivity contribution in [1.82, 2.24) is 4.90 Å². The zero-order chi connectivity index (χ0) is 13.4. The highest BCUT2D eigenvalue weighted by atomic mass is 16.5. The minimum atomic E-state index is -1.06. The Morgan fingerprint density at radius 3 is 2.56 bits per heavy atom. The lowest BCUT2D eigenvalue weighted by Crippen LogP contribution is -2.44. The average Bonchev–Trinajstić information content (AvgIpc) is 2.39. The molecule has 1 rings (SSSR count). The van der Waals surface area contributed by atoms with Gasteiger partial charge in [0.2, 0.25) is 0 Å². The summed E-state index contributed by atoms with van der Waals surface area (Å²) in [5.74, 6) is 0. The Labute approximate surface area is 107 Å². The summed E-state index contributed by atoms with van der Waals surface area (Å²) >= 11 is 0. The summed E-state index contributed by atoms with van der Waals surface area (Å²) in [7, 11) is 0. The van der Waals surface area contributed by atoms with E-state index in [1.54, 1.807) is 0 Å². The Morgan fingerprint density at radius 2 is 2.06 bits per heavy atom. The van der Waals surface area contributed by atoms with Crippen molar-refractivity contribution in [3.63, 3.8) is 0 Å². The monoisotopic (exact) mass is 253 g/mol. The van der Waals surface area contributed by atoms with Crippen LogP contribution in [0.5, 0.6) is 0 Å². The van der Waals surface area contributed by atoms with Crippen LogP contribution in [-0.2, 0) is 11.3 Å². The van der Waals surface area contributed by atoms with Crippen LogP contribution >= 0.6 is 0 Å². The van der Waals surface area contributed by atoms with E-state index in [9.17, 15) is 15.0 Å². The molecular weight excluding hydrogens is 234 g/mol. The van der Waals surface area contributed by atoms with Crippen LogP contribution in [0.3, 0.4) is 0 Å². The molecule has 1 amide bonds. The van der Waals surface area contributed by atoms with E-state index in [0.29, 0.717) is 6.61 Å². The van der Waals surface area contributed by atoms with Gasteiger partial charge >= 0.3 is 6.09 Å². The van der Waals surface area contributed by atoms with Gasteiger partial charge in [0.05, 0.1) is 19.3 Å². The van der Waals surface area contributed by atoms with Crippen LogP contribution in [0.1, 0.15) is 12.5 Å². The van der Waals surface area contributed by atoms with E-state index in [0.717, 1.165) is 5.56 Å². The summed E-state index contributed by atoms with van der Waals surface area (Å²) in [6.07, 6.45) is -1.06. The van der Waals surface area contributed by atoms with Crippen LogP contribution in [0.15, 0.2) is 30.3 Å². The van der Waals surface area contributed by atoms with E-state index in [2.05, 4.69) is 0 Å². The van der Waals surface area contributed by atoms with Gasteiger partial charge in [-0.05, 0) is 12.5 Å². The molecule has 1 atom stereocenters. The number of rotatable bonds is 7. The number of hydrogen-bond acceptors (Lipinski definition) is 3. The molecule has 0 aromatic heterocycles. The smallest absolute Gasteiger partial charge is 0.408 e. The van der Waals surface area contributed by atoms with Gasteiger partial charge in [-0.1, -0.05) is 30.3 Å². The maximum Gasteiger partial charge on any atom is 0.408 e. The van der Waals surface area contributed by atoms with Crippen molar-refractivity contribution >= 4 is 6.09 Å². The highest BCUT2D eigenvalue weighted by Crippen LogP contribution is 2.09. The minimum Gasteiger partial charge on any atom is -0.465 e. The number of benzene rings is 1. The van der Waals surface area contributed by atoms with Crippen LogP contribution in [0, 0.1) is 0 Å². The third-order valence-corrected chi connectivity index (χ3v) is 2.61. The Bertz CT molecular complexity index is 355. The van der Waals surface area contributed by atoms with Crippen LogP contribution in [0.25, 0.3) is 0 Å². The van der Waals surface area contributed by atoms with Crippen molar-refractivity contribution < 1.29 is 19.7 Å². The highest BCUT2D eigenvalue weighted by Gasteiger charge is 2.22. The summed E-state index contributed by atoms with van der Waals surface area (Å²) in [5.41, 5.74) is 0.884. The molecule has 0 saturated heterocycles. The fraction of sp³-hybridized carbons (Fsp3) is 0.462. The van der Waals surface area contributed by atoms with Crippen LogP contribution in [0.4, 0.5) is 4.79 Å². The second-order valence-corrected chi connectivity index (χ2v) is 3.89. The lowest BCUT2D eigenvalue weighted by atomic mass is 10.2. The largest absolute Gasteiger partial charge is 0.465 e. The molecule has 1 aromatic rings. The summed E-state index contributed by atoms with van der Waals surface area (Å²) in [5, 5.41) is 18.5. The molecular formula is C13H19NO4. The Kier molecular flexibility index (Phi) is 6.18. The molecule has 1 aromatic carbocycles. The SMILES string of the molecule is CCOC[C@@H](CO)N(Cc1ccccc1)C(=O)O. The standard InChI is InChI=1S/C13H19NO4/c1-2-18-10-12(9-15)14(13(16)17)8-11-6-4-3-5-7-11/h3-7,12,15H,2,8-10H2,1H3,(H,16,17)/t12-/m1/s1. The maximum absolute atomic E-state index is 11.2. The molecule has 0 bridgehead atoms. The number of aliphatic hydroxyl groups is 1. The van der Waals surface area contributed by atoms with Crippen molar-refractivity contribution in [2.45, 2.75) is 19.5 Å². The Morgan fingerprint density at radius 1 is 1.39 bits per heavy atom. The lowest BCUT2D eigenvalue weighted by Gasteiger charge is -2.27. The first-order valence-electron chi connectivity index (χ1n) is 5.91. The second kappa shape index (κ2) is 7.68. The molecule has 0 aliphatic heterocycles. The molecule has 5 heteroatoms. The fourth-order valence-electron chi connectivity index (χ4n) is 1.63. The number of nitrogens with zero attached hydrogens (tertiary/aromatic N) is 1. The van der Waals surface area contributed by atoms with Crippen molar-refractivity contribution in [2.75, 3.05) is 19.8 Å². The third kappa shape index (κ3) is 4.35. The Hall–Kier alpha value is -1.59. The van der Waals surface area contributed by atoms with Gasteiger partial charge in [-0.2, -0.15) is 0 Å². The fourth-order valence-corrected chi connectivity index (χ4v) is 1.63. The summed E-state index contributed by atoms with van der Waals surface area (Å²) in [4.78, 5) is 12.4. The summed E-state index contributed by atoms with van der Waals surface area (Å²) in [6.45, 7) is 2.52. The first kappa shape index (κ1) is 14.5. The lowest BCUT2D eigenvalue weighted by molar-refractivity contribution is 0.0337. The zero-order valence-corrected chi connectivity index (χ0v) is 10.5. The molecule has 0 aliphatic carbocycles. The first-order chi connectivity index (χ1) is 8.69. The van der Waals surface area contributed by atoms with Gasteiger partial charge in [0.1, 0.15) is 0 Å². The van der Waals surface area contributed by atoms with Gasteiger partial charge in [-0.3, -0.25) is 4.90 Å². The van der Waals surface area contributed by atoms with Gasteiger partial charge in [0.15, 0.2) is 0 Å². The molecule has 0 unspecified atom stereocenters. The Balaban J connectivity index is 2.71. The van der Waals surface area contributed by atoms with Gasteiger partial charge in [0, 0.05) is 13.2 Å². The normalized spacial score (nSPS) is 12.1. The molecule has 0 fully saturated rings. The van der Waals surface area contributed by atoms with Crippen molar-refractivity contribution in [1.29, 1.82) is 0 Å². The van der Waals surface area contributed by atoms with Crippen LogP contribution in [0.2, 0.25) is 0 Å². The van der Waals surface area contributed by atoms with E-state index < -0.39 is 12.1 Å².